The van der Waals surface area contributed by atoms with Crippen LogP contribution < -0.4 is 19.5 Å². The zero-order valence-electron chi connectivity index (χ0n) is 16.9. The molecule has 0 aromatic heterocycles. The molecule has 0 unspecified atom stereocenters. The van der Waals surface area contributed by atoms with E-state index in [0.717, 1.165) is 29.9 Å². The molecule has 0 aliphatic carbocycles. The number of methoxy groups -OCH3 is 2. The Morgan fingerprint density at radius 1 is 1.07 bits per heavy atom. The van der Waals surface area contributed by atoms with E-state index in [9.17, 15) is 9.59 Å². The van der Waals surface area contributed by atoms with Gasteiger partial charge in [-0.05, 0) is 55.3 Å². The highest BCUT2D eigenvalue weighted by molar-refractivity contribution is 5.88. The lowest BCUT2D eigenvalue weighted by molar-refractivity contribution is -0.134. The highest BCUT2D eigenvalue weighted by Crippen LogP contribution is 2.39. The zero-order valence-corrected chi connectivity index (χ0v) is 16.9. The lowest BCUT2D eigenvalue weighted by atomic mass is 10.0. The summed E-state index contributed by atoms with van der Waals surface area (Å²) in [6, 6.07) is 12.5. The fourth-order valence-corrected chi connectivity index (χ4v) is 3.55. The molecular formula is C22H26N2O5. The van der Waals surface area contributed by atoms with Crippen molar-refractivity contribution in [1.82, 2.24) is 4.90 Å². The summed E-state index contributed by atoms with van der Waals surface area (Å²) in [4.78, 5) is 25.8. The quantitative estimate of drug-likeness (QED) is 0.773. The molecule has 1 aliphatic heterocycles. The largest absolute Gasteiger partial charge is 0.497 e. The second-order valence-corrected chi connectivity index (χ2v) is 6.85. The van der Waals surface area contributed by atoms with Crippen molar-refractivity contribution >= 4 is 17.5 Å². The van der Waals surface area contributed by atoms with E-state index in [1.165, 1.54) is 6.92 Å². The van der Waals surface area contributed by atoms with Crippen LogP contribution in [0.2, 0.25) is 0 Å². The topological polar surface area (TPSA) is 77.1 Å². The molecule has 7 heteroatoms. The van der Waals surface area contributed by atoms with Crippen molar-refractivity contribution in [2.45, 2.75) is 25.8 Å². The molecule has 0 saturated carbocycles. The van der Waals surface area contributed by atoms with Gasteiger partial charge in [0.05, 0.1) is 20.3 Å². The highest BCUT2D eigenvalue weighted by atomic mass is 16.5. The normalized spacial score (nSPS) is 15.7. The van der Waals surface area contributed by atoms with Crippen LogP contribution in [0.1, 0.15) is 31.4 Å². The van der Waals surface area contributed by atoms with Crippen LogP contribution in [0.15, 0.2) is 42.5 Å². The van der Waals surface area contributed by atoms with Gasteiger partial charge in [-0.2, -0.15) is 0 Å². The van der Waals surface area contributed by atoms with Crippen molar-refractivity contribution in [1.29, 1.82) is 0 Å². The molecule has 2 amide bonds. The Labute approximate surface area is 170 Å². The van der Waals surface area contributed by atoms with Crippen LogP contribution in [0.5, 0.6) is 17.2 Å². The minimum absolute atomic E-state index is 0.0533. The number of nitrogens with zero attached hydrogens (tertiary/aromatic N) is 1. The summed E-state index contributed by atoms with van der Waals surface area (Å²) in [5, 5.41) is 2.69. The number of hydrogen-bond donors (Lipinski definition) is 1. The molecule has 1 fully saturated rings. The second-order valence-electron chi connectivity index (χ2n) is 6.85. The van der Waals surface area contributed by atoms with Crippen LogP contribution in [-0.2, 0) is 9.59 Å². The lowest BCUT2D eigenvalue weighted by Crippen LogP contribution is -2.34. The molecule has 1 atom stereocenters. The van der Waals surface area contributed by atoms with Crippen LogP contribution in [0.4, 0.5) is 5.69 Å². The molecule has 2 aromatic rings. The van der Waals surface area contributed by atoms with E-state index in [-0.39, 0.29) is 24.5 Å². The SMILES string of the molecule is COc1ccc(OC)c([C@H]2CCCN2C(=O)COc2ccc(NC(C)=O)cc2)c1. The van der Waals surface area contributed by atoms with Gasteiger partial charge in [0.15, 0.2) is 6.61 Å². The molecular weight excluding hydrogens is 372 g/mol. The molecule has 29 heavy (non-hydrogen) atoms. The maximum atomic E-state index is 12.8. The third kappa shape index (κ3) is 4.99. The van der Waals surface area contributed by atoms with Gasteiger partial charge < -0.3 is 24.4 Å². The van der Waals surface area contributed by atoms with Crippen LogP contribution in [0.25, 0.3) is 0 Å². The zero-order chi connectivity index (χ0) is 20.8. The summed E-state index contributed by atoms with van der Waals surface area (Å²) >= 11 is 0. The van der Waals surface area contributed by atoms with Crippen LogP contribution >= 0.6 is 0 Å². The summed E-state index contributed by atoms with van der Waals surface area (Å²) in [5.74, 6) is 1.83. The molecule has 7 nitrogen and oxygen atoms in total. The van der Waals surface area contributed by atoms with Gasteiger partial charge >= 0.3 is 0 Å². The van der Waals surface area contributed by atoms with Crippen molar-refractivity contribution < 1.29 is 23.8 Å². The maximum Gasteiger partial charge on any atom is 0.261 e. The Morgan fingerprint density at radius 3 is 2.45 bits per heavy atom. The van der Waals surface area contributed by atoms with Gasteiger partial charge in [0, 0.05) is 24.7 Å². The summed E-state index contributed by atoms with van der Waals surface area (Å²) in [5.41, 5.74) is 1.62. The molecule has 3 rings (SSSR count). The van der Waals surface area contributed by atoms with Gasteiger partial charge in [-0.3, -0.25) is 9.59 Å². The first-order chi connectivity index (χ1) is 14.0. The summed E-state index contributed by atoms with van der Waals surface area (Å²) < 4.78 is 16.5. The van der Waals surface area contributed by atoms with E-state index < -0.39 is 0 Å². The van der Waals surface area contributed by atoms with Crippen molar-refractivity contribution in [2.75, 3.05) is 32.7 Å². The number of nitrogens with one attached hydrogen (secondary N) is 1. The van der Waals surface area contributed by atoms with Gasteiger partial charge in [0.25, 0.3) is 5.91 Å². The number of rotatable bonds is 7. The summed E-state index contributed by atoms with van der Waals surface area (Å²) in [6.07, 6.45) is 1.78. The number of carbonyl (C=O) groups is 2. The first kappa shape index (κ1) is 20.5. The van der Waals surface area contributed by atoms with Crippen molar-refractivity contribution in [3.8, 4) is 17.2 Å². The number of ether oxygens (including phenoxy) is 3. The van der Waals surface area contributed by atoms with Crippen molar-refractivity contribution in [3.05, 3.63) is 48.0 Å². The molecule has 2 aromatic carbocycles. The minimum Gasteiger partial charge on any atom is -0.497 e. The predicted octanol–water partition coefficient (Wildman–Crippen LogP) is 3.40. The van der Waals surface area contributed by atoms with Gasteiger partial charge in [0.2, 0.25) is 5.91 Å². The molecule has 0 radical (unpaired) electrons. The number of benzene rings is 2. The third-order valence-corrected chi connectivity index (χ3v) is 4.91. The van der Waals surface area contributed by atoms with Gasteiger partial charge in [-0.25, -0.2) is 0 Å². The van der Waals surface area contributed by atoms with Crippen molar-refractivity contribution in [2.24, 2.45) is 0 Å². The predicted molar refractivity (Wildman–Crippen MR) is 109 cm³/mol. The van der Waals surface area contributed by atoms with E-state index >= 15 is 0 Å². The number of carbonyl (C=O) groups excluding carboxylic acids is 2. The van der Waals surface area contributed by atoms with Crippen LogP contribution in [0.3, 0.4) is 0 Å². The molecule has 154 valence electrons. The molecule has 1 heterocycles. The standard InChI is InChI=1S/C22H26N2O5/c1-15(25)23-16-6-8-17(9-7-16)29-14-22(26)24-12-4-5-20(24)19-13-18(27-2)10-11-21(19)28-3/h6-11,13,20H,4-5,12,14H2,1-3H3,(H,23,25)/t20-/m1/s1. The summed E-state index contributed by atoms with van der Waals surface area (Å²) in [7, 11) is 3.24. The average molecular weight is 398 g/mol. The summed E-state index contributed by atoms with van der Waals surface area (Å²) in [6.45, 7) is 2.07. The van der Waals surface area contributed by atoms with Gasteiger partial charge in [-0.1, -0.05) is 0 Å². The number of likely N-dealkylation sites (tertiary alicyclic amines) is 1. The fourth-order valence-electron chi connectivity index (χ4n) is 3.55. The maximum absolute atomic E-state index is 12.8. The second kappa shape index (κ2) is 9.32. The Morgan fingerprint density at radius 2 is 1.79 bits per heavy atom. The Balaban J connectivity index is 1.67. The van der Waals surface area contributed by atoms with Gasteiger partial charge in [-0.15, -0.1) is 0 Å². The van der Waals surface area contributed by atoms with Gasteiger partial charge in [0.1, 0.15) is 17.2 Å². The number of amides is 2. The number of anilines is 1. The van der Waals surface area contributed by atoms with E-state index in [0.29, 0.717) is 18.0 Å². The van der Waals surface area contributed by atoms with Crippen molar-refractivity contribution in [3.63, 3.8) is 0 Å². The monoisotopic (exact) mass is 398 g/mol. The molecule has 1 N–H and O–H groups in total. The van der Waals surface area contributed by atoms with Crippen LogP contribution in [0, 0.1) is 0 Å². The Hall–Kier alpha value is -3.22. The smallest absolute Gasteiger partial charge is 0.261 e. The first-order valence-corrected chi connectivity index (χ1v) is 9.53. The number of hydrogen-bond acceptors (Lipinski definition) is 5. The molecule has 1 saturated heterocycles. The van der Waals surface area contributed by atoms with E-state index in [1.54, 1.807) is 38.5 Å². The fraction of sp³-hybridized carbons (Fsp3) is 0.364. The first-order valence-electron chi connectivity index (χ1n) is 9.53. The highest BCUT2D eigenvalue weighted by Gasteiger charge is 2.32. The Kier molecular flexibility index (Phi) is 6.59. The van der Waals surface area contributed by atoms with Crippen LogP contribution in [-0.4, -0.2) is 44.1 Å². The molecule has 0 spiro atoms. The molecule has 1 aliphatic rings. The van der Waals surface area contributed by atoms with E-state index in [2.05, 4.69) is 5.32 Å². The lowest BCUT2D eigenvalue weighted by Gasteiger charge is -2.26. The van der Waals surface area contributed by atoms with E-state index in [1.807, 2.05) is 23.1 Å². The molecule has 0 bridgehead atoms. The third-order valence-electron chi connectivity index (χ3n) is 4.91. The minimum atomic E-state index is -0.137. The Bertz CT molecular complexity index is 866. The van der Waals surface area contributed by atoms with E-state index in [4.69, 9.17) is 14.2 Å². The average Bonchev–Trinajstić information content (AvgIpc) is 3.22.